The van der Waals surface area contributed by atoms with Crippen LogP contribution in [0.1, 0.15) is 34.7 Å². The standard InChI is InChI=1S/C22H23N3O4/c1-15(16-7-5-4-6-8-16)23-22(26)17-9-11-18(12-10-17)29-14-19-24-20(27-2)13-21(25-19)28-3/h4-13,15H,14H2,1-3H3,(H,23,26). The Morgan fingerprint density at radius 1 is 0.966 bits per heavy atom. The molecule has 2 aromatic carbocycles. The average molecular weight is 393 g/mol. The van der Waals surface area contributed by atoms with Crippen molar-refractivity contribution in [3.63, 3.8) is 0 Å². The lowest BCUT2D eigenvalue weighted by molar-refractivity contribution is 0.0940. The minimum atomic E-state index is -0.145. The van der Waals surface area contributed by atoms with E-state index in [9.17, 15) is 4.79 Å². The van der Waals surface area contributed by atoms with Gasteiger partial charge in [0.05, 0.1) is 26.3 Å². The molecule has 0 aliphatic rings. The lowest BCUT2D eigenvalue weighted by Crippen LogP contribution is -2.26. The summed E-state index contributed by atoms with van der Waals surface area (Å²) >= 11 is 0. The minimum absolute atomic E-state index is 0.0835. The first-order valence-corrected chi connectivity index (χ1v) is 9.13. The van der Waals surface area contributed by atoms with Crippen LogP contribution < -0.4 is 19.5 Å². The van der Waals surface area contributed by atoms with Gasteiger partial charge in [0.15, 0.2) is 5.82 Å². The van der Waals surface area contributed by atoms with Crippen LogP contribution in [-0.4, -0.2) is 30.1 Å². The number of nitrogens with one attached hydrogen (secondary N) is 1. The zero-order chi connectivity index (χ0) is 20.6. The number of carbonyl (C=O) groups excluding carboxylic acids is 1. The van der Waals surface area contributed by atoms with Crippen LogP contribution in [0.3, 0.4) is 0 Å². The first-order chi connectivity index (χ1) is 14.1. The summed E-state index contributed by atoms with van der Waals surface area (Å²) in [6.45, 7) is 2.09. The molecule has 0 spiro atoms. The van der Waals surface area contributed by atoms with E-state index in [4.69, 9.17) is 14.2 Å². The molecule has 0 radical (unpaired) electrons. The molecule has 0 bridgehead atoms. The van der Waals surface area contributed by atoms with Crippen LogP contribution in [0.2, 0.25) is 0 Å². The Hall–Kier alpha value is -3.61. The maximum atomic E-state index is 12.5. The van der Waals surface area contributed by atoms with Crippen LogP contribution >= 0.6 is 0 Å². The Balaban J connectivity index is 1.59. The number of rotatable bonds is 8. The second-order valence-electron chi connectivity index (χ2n) is 6.29. The molecule has 0 aliphatic heterocycles. The molecule has 1 heterocycles. The molecular weight excluding hydrogens is 370 g/mol. The van der Waals surface area contributed by atoms with Crippen molar-refractivity contribution in [1.82, 2.24) is 15.3 Å². The smallest absolute Gasteiger partial charge is 0.251 e. The molecule has 7 nitrogen and oxygen atoms in total. The summed E-state index contributed by atoms with van der Waals surface area (Å²) in [4.78, 5) is 20.9. The molecule has 1 aromatic heterocycles. The highest BCUT2D eigenvalue weighted by atomic mass is 16.5. The number of hydrogen-bond acceptors (Lipinski definition) is 6. The van der Waals surface area contributed by atoms with Gasteiger partial charge < -0.3 is 19.5 Å². The van der Waals surface area contributed by atoms with Crippen molar-refractivity contribution in [2.75, 3.05) is 14.2 Å². The van der Waals surface area contributed by atoms with Gasteiger partial charge in [0.1, 0.15) is 12.4 Å². The molecule has 29 heavy (non-hydrogen) atoms. The molecule has 0 fully saturated rings. The predicted molar refractivity (Wildman–Crippen MR) is 108 cm³/mol. The van der Waals surface area contributed by atoms with Gasteiger partial charge in [-0.3, -0.25) is 4.79 Å². The van der Waals surface area contributed by atoms with Crippen LogP contribution in [-0.2, 0) is 6.61 Å². The number of hydrogen-bond donors (Lipinski definition) is 1. The third-order valence-corrected chi connectivity index (χ3v) is 4.28. The lowest BCUT2D eigenvalue weighted by atomic mass is 10.1. The summed E-state index contributed by atoms with van der Waals surface area (Å²) in [6, 6.07) is 18.2. The third-order valence-electron chi connectivity index (χ3n) is 4.28. The van der Waals surface area contributed by atoms with Crippen LogP contribution in [0.15, 0.2) is 60.7 Å². The third kappa shape index (κ3) is 5.44. The quantitative estimate of drug-likeness (QED) is 0.630. The van der Waals surface area contributed by atoms with Gasteiger partial charge in [0.2, 0.25) is 11.8 Å². The van der Waals surface area contributed by atoms with E-state index in [0.29, 0.717) is 28.9 Å². The second-order valence-corrected chi connectivity index (χ2v) is 6.29. The molecule has 150 valence electrons. The van der Waals surface area contributed by atoms with Gasteiger partial charge in [-0.2, -0.15) is 9.97 Å². The molecule has 7 heteroatoms. The highest BCUT2D eigenvalue weighted by Gasteiger charge is 2.12. The summed E-state index contributed by atoms with van der Waals surface area (Å²) in [5, 5.41) is 2.99. The number of aromatic nitrogens is 2. The van der Waals surface area contributed by atoms with Gasteiger partial charge >= 0.3 is 0 Å². The van der Waals surface area contributed by atoms with E-state index in [1.165, 1.54) is 14.2 Å². The van der Waals surface area contributed by atoms with E-state index in [-0.39, 0.29) is 18.6 Å². The van der Waals surface area contributed by atoms with Gasteiger partial charge in [-0.1, -0.05) is 30.3 Å². The number of carbonyl (C=O) groups is 1. The molecule has 3 aromatic rings. The van der Waals surface area contributed by atoms with Gasteiger partial charge in [-0.25, -0.2) is 0 Å². The van der Waals surface area contributed by atoms with Crippen molar-refractivity contribution in [3.05, 3.63) is 77.6 Å². The van der Waals surface area contributed by atoms with Gasteiger partial charge in [-0.15, -0.1) is 0 Å². The highest BCUT2D eigenvalue weighted by molar-refractivity contribution is 5.94. The molecular formula is C22H23N3O4. The number of methoxy groups -OCH3 is 2. The SMILES string of the molecule is COc1cc(OC)nc(COc2ccc(C(=O)NC(C)c3ccccc3)cc2)n1. The van der Waals surface area contributed by atoms with Crippen molar-refractivity contribution in [1.29, 1.82) is 0 Å². The van der Waals surface area contributed by atoms with Crippen molar-refractivity contribution >= 4 is 5.91 Å². The summed E-state index contributed by atoms with van der Waals surface area (Å²) in [6.07, 6.45) is 0. The second kappa shape index (κ2) is 9.54. The molecule has 0 aliphatic carbocycles. The van der Waals surface area contributed by atoms with Crippen LogP contribution in [0.25, 0.3) is 0 Å². The van der Waals surface area contributed by atoms with Gasteiger partial charge in [-0.05, 0) is 36.8 Å². The first kappa shape index (κ1) is 20.1. The Bertz CT molecular complexity index is 924. The van der Waals surface area contributed by atoms with E-state index >= 15 is 0 Å². The van der Waals surface area contributed by atoms with Gasteiger partial charge in [0.25, 0.3) is 5.91 Å². The number of amides is 1. The van der Waals surface area contributed by atoms with Crippen LogP contribution in [0, 0.1) is 0 Å². The van der Waals surface area contributed by atoms with Crippen molar-refractivity contribution in [2.24, 2.45) is 0 Å². The van der Waals surface area contributed by atoms with E-state index in [0.717, 1.165) is 5.56 Å². The molecule has 1 atom stereocenters. The first-order valence-electron chi connectivity index (χ1n) is 9.13. The van der Waals surface area contributed by atoms with Gasteiger partial charge in [0, 0.05) is 5.56 Å². The van der Waals surface area contributed by atoms with Crippen LogP contribution in [0.4, 0.5) is 0 Å². The Morgan fingerprint density at radius 2 is 1.59 bits per heavy atom. The normalized spacial score (nSPS) is 11.4. The predicted octanol–water partition coefficient (Wildman–Crippen LogP) is 3.56. The fraction of sp³-hybridized carbons (Fsp3) is 0.227. The topological polar surface area (TPSA) is 82.6 Å². The van der Waals surface area contributed by atoms with Crippen molar-refractivity contribution in [3.8, 4) is 17.5 Å². The summed E-state index contributed by atoms with van der Waals surface area (Å²) in [5.41, 5.74) is 1.61. The molecule has 1 N–H and O–H groups in total. The lowest BCUT2D eigenvalue weighted by Gasteiger charge is -2.14. The molecule has 0 saturated heterocycles. The average Bonchev–Trinajstić information content (AvgIpc) is 2.78. The molecule has 0 saturated carbocycles. The van der Waals surface area contributed by atoms with Crippen molar-refractivity contribution < 1.29 is 19.0 Å². The minimum Gasteiger partial charge on any atom is -0.486 e. The summed E-state index contributed by atoms with van der Waals surface area (Å²) in [5.74, 6) is 1.68. The monoisotopic (exact) mass is 393 g/mol. The fourth-order valence-electron chi connectivity index (χ4n) is 2.68. The highest BCUT2D eigenvalue weighted by Crippen LogP contribution is 2.18. The Morgan fingerprint density at radius 3 is 2.17 bits per heavy atom. The number of nitrogens with zero attached hydrogens (tertiary/aromatic N) is 2. The number of benzene rings is 2. The van der Waals surface area contributed by atoms with E-state index in [1.54, 1.807) is 30.3 Å². The molecule has 1 unspecified atom stereocenters. The van der Waals surface area contributed by atoms with E-state index in [2.05, 4.69) is 15.3 Å². The van der Waals surface area contributed by atoms with E-state index < -0.39 is 0 Å². The van der Waals surface area contributed by atoms with Crippen LogP contribution in [0.5, 0.6) is 17.5 Å². The largest absolute Gasteiger partial charge is 0.486 e. The zero-order valence-electron chi connectivity index (χ0n) is 16.6. The summed E-state index contributed by atoms with van der Waals surface area (Å²) in [7, 11) is 3.05. The van der Waals surface area contributed by atoms with E-state index in [1.807, 2.05) is 37.3 Å². The number of ether oxygens (including phenoxy) is 3. The molecule has 3 rings (SSSR count). The zero-order valence-corrected chi connectivity index (χ0v) is 16.6. The van der Waals surface area contributed by atoms with Crippen molar-refractivity contribution in [2.45, 2.75) is 19.6 Å². The Kier molecular flexibility index (Phi) is 6.63. The summed E-state index contributed by atoms with van der Waals surface area (Å²) < 4.78 is 16.0. The fourth-order valence-corrected chi connectivity index (χ4v) is 2.68. The maximum absolute atomic E-state index is 12.5. The maximum Gasteiger partial charge on any atom is 0.251 e. The Labute approximate surface area is 169 Å². The molecule has 1 amide bonds.